The van der Waals surface area contributed by atoms with Crippen LogP contribution in [-0.4, -0.2) is 22.1 Å². The van der Waals surface area contributed by atoms with Crippen LogP contribution in [0, 0.1) is 19.3 Å². The van der Waals surface area contributed by atoms with Gasteiger partial charge in [0.2, 0.25) is 5.91 Å². The van der Waals surface area contributed by atoms with Gasteiger partial charge in [0.1, 0.15) is 16.9 Å². The predicted octanol–water partition coefficient (Wildman–Crippen LogP) is 6.16. The van der Waals surface area contributed by atoms with Crippen molar-refractivity contribution in [3.63, 3.8) is 0 Å². The first-order chi connectivity index (χ1) is 19.2. The van der Waals surface area contributed by atoms with Gasteiger partial charge in [-0.2, -0.15) is 0 Å². The lowest BCUT2D eigenvalue weighted by atomic mass is 9.70. The number of nitrogens with one attached hydrogen (secondary N) is 1. The van der Waals surface area contributed by atoms with Crippen molar-refractivity contribution in [2.24, 2.45) is 5.41 Å². The molecule has 216 valence electrons. The van der Waals surface area contributed by atoms with Crippen molar-refractivity contribution >= 4 is 33.8 Å². The van der Waals surface area contributed by atoms with Gasteiger partial charge >= 0.3 is 11.6 Å². The molecule has 0 saturated carbocycles. The highest BCUT2D eigenvalue weighted by molar-refractivity contribution is 6.00. The van der Waals surface area contributed by atoms with E-state index in [-0.39, 0.29) is 6.42 Å². The highest BCUT2D eigenvalue weighted by atomic mass is 16.4. The summed E-state index contributed by atoms with van der Waals surface area (Å²) in [5, 5.41) is 24.8. The number of carboxylic acids is 1. The lowest BCUT2D eigenvalue weighted by Gasteiger charge is -2.35. The molecule has 8 heteroatoms. The van der Waals surface area contributed by atoms with Crippen LogP contribution in [0.3, 0.4) is 0 Å². The molecule has 2 unspecified atom stereocenters. The van der Waals surface area contributed by atoms with Crippen molar-refractivity contribution in [3.05, 3.63) is 80.4 Å². The Morgan fingerprint density at radius 1 is 1.02 bits per heavy atom. The third-order valence-corrected chi connectivity index (χ3v) is 8.50. The molecule has 1 aliphatic rings. The number of aliphatic hydroxyl groups excluding tert-OH is 1. The second-order valence-corrected chi connectivity index (χ2v) is 12.6. The van der Waals surface area contributed by atoms with Gasteiger partial charge in [-0.25, -0.2) is 9.59 Å². The molecule has 2 heterocycles. The van der Waals surface area contributed by atoms with Crippen LogP contribution < -0.4 is 10.9 Å². The van der Waals surface area contributed by atoms with Crippen molar-refractivity contribution in [3.8, 4) is 0 Å². The van der Waals surface area contributed by atoms with E-state index in [9.17, 15) is 24.6 Å². The number of rotatable bonds is 7. The summed E-state index contributed by atoms with van der Waals surface area (Å²) in [4.78, 5) is 39.0. The van der Waals surface area contributed by atoms with Gasteiger partial charge in [0.15, 0.2) is 6.04 Å². The van der Waals surface area contributed by atoms with Crippen LogP contribution in [-0.2, 0) is 21.4 Å². The number of fused-ring (bicyclic) bond motifs is 4. The molecule has 0 saturated heterocycles. The maximum absolute atomic E-state index is 13.5. The first kappa shape index (κ1) is 28.6. The normalized spacial score (nSPS) is 16.5. The molecular weight excluding hydrogens is 522 g/mol. The van der Waals surface area contributed by atoms with Crippen molar-refractivity contribution in [1.29, 1.82) is 0 Å². The van der Waals surface area contributed by atoms with Gasteiger partial charge in [-0.05, 0) is 55.7 Å². The van der Waals surface area contributed by atoms with Gasteiger partial charge in [-0.3, -0.25) is 4.79 Å². The topological polar surface area (TPSA) is 130 Å². The van der Waals surface area contributed by atoms with Crippen LogP contribution >= 0.6 is 0 Å². The van der Waals surface area contributed by atoms with Gasteiger partial charge < -0.3 is 24.4 Å². The van der Waals surface area contributed by atoms with Crippen LogP contribution in [0.2, 0.25) is 0 Å². The molecule has 0 radical (unpaired) electrons. The standard InChI is InChI=1S/C33H37NO7/c1-17-20-15-21-24-22(35)13-10-14-23(24)40-28(21)18(2)27(20)41-30(38)25(17)32(3,4)16-33(5,6)31(39)34-26(29(36)37)19-11-8-7-9-12-19/h7-9,11-12,15,22,26,35H,10,13-14,16H2,1-6H3,(H,34,39)(H,36,37). The van der Waals surface area contributed by atoms with E-state index in [1.54, 1.807) is 44.2 Å². The average molecular weight is 560 g/mol. The number of carbonyl (C=O) groups is 2. The molecule has 1 amide bonds. The number of hydrogen-bond acceptors (Lipinski definition) is 6. The van der Waals surface area contributed by atoms with Crippen molar-refractivity contribution in [1.82, 2.24) is 5.32 Å². The summed E-state index contributed by atoms with van der Waals surface area (Å²) in [6.07, 6.45) is 1.92. The average Bonchev–Trinajstić information content (AvgIpc) is 3.27. The van der Waals surface area contributed by atoms with Gasteiger partial charge in [0.05, 0.1) is 6.10 Å². The summed E-state index contributed by atoms with van der Waals surface area (Å²) in [6.45, 7) is 11.0. The lowest BCUT2D eigenvalue weighted by molar-refractivity contribution is -0.144. The largest absolute Gasteiger partial charge is 0.479 e. The van der Waals surface area contributed by atoms with E-state index in [0.717, 1.165) is 40.5 Å². The Kier molecular flexibility index (Phi) is 7.10. The predicted molar refractivity (Wildman–Crippen MR) is 156 cm³/mol. The molecule has 0 fully saturated rings. The van der Waals surface area contributed by atoms with Crippen molar-refractivity contribution in [2.45, 2.75) is 84.8 Å². The Balaban J connectivity index is 1.53. The molecule has 2 aromatic heterocycles. The number of carboxylic acid groups (broad SMARTS) is 1. The van der Waals surface area contributed by atoms with Gasteiger partial charge in [-0.1, -0.05) is 58.0 Å². The van der Waals surface area contributed by atoms with E-state index in [4.69, 9.17) is 8.83 Å². The Bertz CT molecular complexity index is 1730. The molecule has 5 rings (SSSR count). The van der Waals surface area contributed by atoms with E-state index in [2.05, 4.69) is 5.32 Å². The summed E-state index contributed by atoms with van der Waals surface area (Å²) in [7, 11) is 0. The number of hydrogen-bond donors (Lipinski definition) is 3. The van der Waals surface area contributed by atoms with Gasteiger partial charge in [0, 0.05) is 39.3 Å². The molecule has 3 N–H and O–H groups in total. The Labute approximate surface area is 238 Å². The van der Waals surface area contributed by atoms with Crippen LogP contribution in [0.1, 0.15) is 92.7 Å². The molecule has 1 aliphatic carbocycles. The summed E-state index contributed by atoms with van der Waals surface area (Å²) in [6, 6.07) is 9.31. The maximum atomic E-state index is 13.5. The molecular formula is C33H37NO7. The first-order valence-corrected chi connectivity index (χ1v) is 14.0. The van der Waals surface area contributed by atoms with Crippen LogP contribution in [0.5, 0.6) is 0 Å². The van der Waals surface area contributed by atoms with Crippen LogP contribution in [0.15, 0.2) is 50.0 Å². The zero-order valence-corrected chi connectivity index (χ0v) is 24.4. The Hall–Kier alpha value is -3.91. The smallest absolute Gasteiger partial charge is 0.340 e. The molecule has 0 spiro atoms. The Morgan fingerprint density at radius 2 is 1.68 bits per heavy atom. The zero-order chi connectivity index (χ0) is 29.9. The summed E-state index contributed by atoms with van der Waals surface area (Å²) in [5.74, 6) is -0.805. The Morgan fingerprint density at radius 3 is 2.34 bits per heavy atom. The van der Waals surface area contributed by atoms with Crippen LogP contribution in [0.25, 0.3) is 21.9 Å². The highest BCUT2D eigenvalue weighted by Gasteiger charge is 2.40. The van der Waals surface area contributed by atoms with E-state index in [1.165, 1.54) is 0 Å². The summed E-state index contributed by atoms with van der Waals surface area (Å²) < 4.78 is 12.1. The minimum atomic E-state index is -1.19. The number of furan rings is 1. The third kappa shape index (κ3) is 4.95. The molecule has 2 atom stereocenters. The van der Waals surface area contributed by atoms with Gasteiger partial charge in [0.25, 0.3) is 0 Å². The number of benzene rings is 2. The van der Waals surface area contributed by atoms with E-state index >= 15 is 0 Å². The fraction of sp³-hybridized carbons (Fsp3) is 0.424. The summed E-state index contributed by atoms with van der Waals surface area (Å²) >= 11 is 0. The molecule has 4 aromatic rings. The second-order valence-electron chi connectivity index (χ2n) is 12.6. The van der Waals surface area contributed by atoms with Crippen molar-refractivity contribution < 1.29 is 28.6 Å². The third-order valence-electron chi connectivity index (χ3n) is 8.50. The number of carbonyl (C=O) groups excluding carboxylic acids is 1. The number of amides is 1. The number of aliphatic carboxylic acids is 1. The summed E-state index contributed by atoms with van der Waals surface area (Å²) in [5.41, 5.74) is 1.97. The quantitative estimate of drug-likeness (QED) is 0.231. The first-order valence-electron chi connectivity index (χ1n) is 14.0. The molecule has 2 aromatic carbocycles. The van der Waals surface area contributed by atoms with E-state index < -0.39 is 40.5 Å². The van der Waals surface area contributed by atoms with E-state index in [0.29, 0.717) is 34.3 Å². The van der Waals surface area contributed by atoms with Crippen LogP contribution in [0.4, 0.5) is 0 Å². The van der Waals surface area contributed by atoms with Gasteiger partial charge in [-0.15, -0.1) is 0 Å². The second kappa shape index (κ2) is 10.2. The monoisotopic (exact) mass is 559 g/mol. The fourth-order valence-electron chi connectivity index (χ4n) is 6.75. The zero-order valence-electron chi connectivity index (χ0n) is 24.4. The van der Waals surface area contributed by atoms with E-state index in [1.807, 2.05) is 33.8 Å². The molecule has 41 heavy (non-hydrogen) atoms. The fourth-order valence-corrected chi connectivity index (χ4v) is 6.75. The molecule has 0 bridgehead atoms. The number of aryl methyl sites for hydroxylation is 3. The minimum absolute atomic E-state index is 0.255. The number of aliphatic hydroxyl groups is 1. The SMILES string of the molecule is Cc1c(C(C)(C)CC(C)(C)C(=O)NC(C(=O)O)c2ccccc2)c(=O)oc2c(C)c3oc4c(c3cc12)C(O)CCC4. The highest BCUT2D eigenvalue weighted by Crippen LogP contribution is 2.43. The molecule has 8 nitrogen and oxygen atoms in total. The molecule has 0 aliphatic heterocycles. The lowest BCUT2D eigenvalue weighted by Crippen LogP contribution is -2.45. The van der Waals surface area contributed by atoms with Crippen molar-refractivity contribution in [2.75, 3.05) is 0 Å². The maximum Gasteiger partial charge on any atom is 0.340 e. The minimum Gasteiger partial charge on any atom is -0.479 e.